The second-order valence-corrected chi connectivity index (χ2v) is 5.86. The highest BCUT2D eigenvalue weighted by molar-refractivity contribution is 5.70. The molecule has 1 aromatic carbocycles. The van der Waals surface area contributed by atoms with Gasteiger partial charge in [0.15, 0.2) is 0 Å². The smallest absolute Gasteiger partial charge is 0.306 e. The van der Waals surface area contributed by atoms with Crippen molar-refractivity contribution in [3.8, 4) is 0 Å². The van der Waals surface area contributed by atoms with Crippen LogP contribution in [0.15, 0.2) is 30.3 Å². The Morgan fingerprint density at radius 3 is 2.37 bits per heavy atom. The highest BCUT2D eigenvalue weighted by Crippen LogP contribution is 2.38. The van der Waals surface area contributed by atoms with Crippen LogP contribution < -0.4 is 0 Å². The Labute approximate surface area is 114 Å². The second-order valence-electron chi connectivity index (χ2n) is 5.86. The van der Waals surface area contributed by atoms with Gasteiger partial charge in [-0.25, -0.2) is 0 Å². The number of nitrogens with zero attached hydrogens (tertiary/aromatic N) is 1. The Morgan fingerprint density at radius 2 is 1.79 bits per heavy atom. The lowest BCUT2D eigenvalue weighted by atomic mass is 9.90. The van der Waals surface area contributed by atoms with Crippen LogP contribution in [-0.4, -0.2) is 34.6 Å². The molecular formula is C16H21NO2. The number of carbonyl (C=O) groups is 1. The highest BCUT2D eigenvalue weighted by Gasteiger charge is 2.42. The molecule has 2 fully saturated rings. The summed E-state index contributed by atoms with van der Waals surface area (Å²) in [7, 11) is 0. The lowest BCUT2D eigenvalue weighted by Crippen LogP contribution is -2.45. The van der Waals surface area contributed by atoms with Crippen molar-refractivity contribution in [2.24, 2.45) is 5.92 Å². The van der Waals surface area contributed by atoms with Crippen LogP contribution in [0.25, 0.3) is 0 Å². The third-order valence-corrected chi connectivity index (χ3v) is 4.74. The van der Waals surface area contributed by atoms with Crippen molar-refractivity contribution in [1.82, 2.24) is 4.90 Å². The fraction of sp³-hybridized carbons (Fsp3) is 0.562. The van der Waals surface area contributed by atoms with Gasteiger partial charge in [0.1, 0.15) is 0 Å². The molecule has 102 valence electrons. The van der Waals surface area contributed by atoms with Crippen LogP contribution in [0.5, 0.6) is 0 Å². The summed E-state index contributed by atoms with van der Waals surface area (Å²) in [5.74, 6) is -0.704. The minimum Gasteiger partial charge on any atom is -0.481 e. The first-order valence-electron chi connectivity index (χ1n) is 7.26. The average molecular weight is 259 g/mol. The second kappa shape index (κ2) is 5.33. The van der Waals surface area contributed by atoms with Crippen molar-refractivity contribution in [2.45, 2.75) is 44.2 Å². The lowest BCUT2D eigenvalue weighted by Gasteiger charge is -2.37. The van der Waals surface area contributed by atoms with Crippen molar-refractivity contribution in [2.75, 3.05) is 6.54 Å². The molecular weight excluding hydrogens is 238 g/mol. The number of hydrogen-bond acceptors (Lipinski definition) is 2. The van der Waals surface area contributed by atoms with Crippen LogP contribution in [0, 0.1) is 5.92 Å². The summed E-state index contributed by atoms with van der Waals surface area (Å²) in [5, 5.41) is 9.18. The topological polar surface area (TPSA) is 40.5 Å². The van der Waals surface area contributed by atoms with E-state index < -0.39 is 5.97 Å². The van der Waals surface area contributed by atoms with Crippen molar-refractivity contribution >= 4 is 5.97 Å². The molecule has 2 atom stereocenters. The van der Waals surface area contributed by atoms with Gasteiger partial charge in [-0.3, -0.25) is 9.69 Å². The summed E-state index contributed by atoms with van der Waals surface area (Å²) >= 11 is 0. The molecule has 0 aromatic heterocycles. The fourth-order valence-corrected chi connectivity index (χ4v) is 3.74. The predicted octanol–water partition coefficient (Wildman–Crippen LogP) is 2.56. The van der Waals surface area contributed by atoms with Crippen LogP contribution in [0.3, 0.4) is 0 Å². The van der Waals surface area contributed by atoms with E-state index in [2.05, 4.69) is 29.2 Å². The molecule has 0 amide bonds. The molecule has 3 rings (SSSR count). The van der Waals surface area contributed by atoms with Crippen molar-refractivity contribution in [3.63, 3.8) is 0 Å². The zero-order valence-corrected chi connectivity index (χ0v) is 11.2. The van der Waals surface area contributed by atoms with Crippen molar-refractivity contribution < 1.29 is 9.90 Å². The number of carboxylic acids is 1. The number of benzene rings is 1. The predicted molar refractivity (Wildman–Crippen MR) is 74.0 cm³/mol. The Hall–Kier alpha value is -1.35. The number of carboxylic acid groups (broad SMARTS) is 1. The molecule has 2 bridgehead atoms. The molecule has 2 aliphatic rings. The number of aliphatic carboxylic acids is 1. The molecule has 2 aliphatic heterocycles. The van der Waals surface area contributed by atoms with Gasteiger partial charge in [-0.15, -0.1) is 0 Å². The van der Waals surface area contributed by atoms with Crippen molar-refractivity contribution in [3.05, 3.63) is 35.9 Å². The maximum atomic E-state index is 11.1. The van der Waals surface area contributed by atoms with Crippen molar-refractivity contribution in [1.29, 1.82) is 0 Å². The molecule has 1 aromatic rings. The number of rotatable bonds is 4. The summed E-state index contributed by atoms with van der Waals surface area (Å²) in [5.41, 5.74) is 1.38. The highest BCUT2D eigenvalue weighted by atomic mass is 16.4. The van der Waals surface area contributed by atoms with Gasteiger partial charge in [-0.2, -0.15) is 0 Å². The summed E-state index contributed by atoms with van der Waals surface area (Å²) in [6.45, 7) is 1.08. The van der Waals surface area contributed by atoms with Gasteiger partial charge in [-0.05, 0) is 37.7 Å². The number of hydrogen-bond donors (Lipinski definition) is 1. The van der Waals surface area contributed by atoms with Crippen LogP contribution in [0.1, 0.15) is 31.2 Å². The van der Waals surface area contributed by atoms with Gasteiger partial charge in [0.25, 0.3) is 0 Å². The number of piperidine rings is 1. The molecule has 3 heteroatoms. The van der Waals surface area contributed by atoms with Gasteiger partial charge in [0.2, 0.25) is 0 Å². The minimum atomic E-state index is -0.598. The van der Waals surface area contributed by atoms with Crippen LogP contribution in [0.4, 0.5) is 0 Å². The van der Waals surface area contributed by atoms with E-state index >= 15 is 0 Å². The van der Waals surface area contributed by atoms with Crippen LogP contribution in [0.2, 0.25) is 0 Å². The molecule has 2 saturated heterocycles. The van der Waals surface area contributed by atoms with Gasteiger partial charge in [0, 0.05) is 18.6 Å². The first-order chi connectivity index (χ1) is 9.24. The fourth-order valence-electron chi connectivity index (χ4n) is 3.74. The Balaban J connectivity index is 1.60. The summed E-state index contributed by atoms with van der Waals surface area (Å²) in [6, 6.07) is 11.6. The quantitative estimate of drug-likeness (QED) is 0.903. The Kier molecular flexibility index (Phi) is 3.56. The minimum absolute atomic E-state index is 0.106. The Morgan fingerprint density at radius 1 is 1.16 bits per heavy atom. The molecule has 1 N–H and O–H groups in total. The third kappa shape index (κ3) is 2.66. The third-order valence-electron chi connectivity index (χ3n) is 4.74. The van der Waals surface area contributed by atoms with E-state index in [1.54, 1.807) is 0 Å². The first-order valence-corrected chi connectivity index (χ1v) is 7.26. The van der Waals surface area contributed by atoms with E-state index in [1.807, 2.05) is 6.07 Å². The molecule has 3 nitrogen and oxygen atoms in total. The van der Waals surface area contributed by atoms with Gasteiger partial charge in [0.05, 0.1) is 5.92 Å². The van der Waals surface area contributed by atoms with Gasteiger partial charge < -0.3 is 5.11 Å². The molecule has 0 saturated carbocycles. The molecule has 0 aliphatic carbocycles. The molecule has 2 heterocycles. The standard InChI is InChI=1S/C16H21NO2/c18-16(19)13-10-14-6-7-15(11-13)17(14)9-8-12-4-2-1-3-5-12/h1-5,13-15H,6-11H2,(H,18,19). The molecule has 0 spiro atoms. The van der Waals surface area contributed by atoms with E-state index in [0.29, 0.717) is 12.1 Å². The SMILES string of the molecule is O=C(O)C1CC2CCC(C1)N2CCc1ccccc1. The Bertz CT molecular complexity index is 431. The van der Waals surface area contributed by atoms with Gasteiger partial charge in [-0.1, -0.05) is 30.3 Å². The van der Waals surface area contributed by atoms with E-state index in [0.717, 1.165) is 25.8 Å². The summed E-state index contributed by atoms with van der Waals surface area (Å²) < 4.78 is 0. The average Bonchev–Trinajstić information content (AvgIpc) is 2.66. The van der Waals surface area contributed by atoms with E-state index in [-0.39, 0.29) is 5.92 Å². The monoisotopic (exact) mass is 259 g/mol. The maximum Gasteiger partial charge on any atom is 0.306 e. The zero-order valence-electron chi connectivity index (χ0n) is 11.2. The normalized spacial score (nSPS) is 30.4. The summed E-state index contributed by atoms with van der Waals surface area (Å²) in [6.07, 6.45) is 5.14. The summed E-state index contributed by atoms with van der Waals surface area (Å²) in [4.78, 5) is 13.7. The molecule has 19 heavy (non-hydrogen) atoms. The van der Waals surface area contributed by atoms with E-state index in [9.17, 15) is 9.90 Å². The largest absolute Gasteiger partial charge is 0.481 e. The first kappa shape index (κ1) is 12.7. The van der Waals surface area contributed by atoms with Crippen LogP contribution in [-0.2, 0) is 11.2 Å². The zero-order chi connectivity index (χ0) is 13.2. The number of fused-ring (bicyclic) bond motifs is 2. The van der Waals surface area contributed by atoms with E-state index in [4.69, 9.17) is 0 Å². The van der Waals surface area contributed by atoms with Crippen LogP contribution >= 0.6 is 0 Å². The maximum absolute atomic E-state index is 11.1. The van der Waals surface area contributed by atoms with Gasteiger partial charge >= 0.3 is 5.97 Å². The lowest BCUT2D eigenvalue weighted by molar-refractivity contribution is -0.144. The van der Waals surface area contributed by atoms with E-state index in [1.165, 1.54) is 18.4 Å². The molecule has 0 radical (unpaired) electrons. The molecule has 2 unspecified atom stereocenters.